The fourth-order valence-electron chi connectivity index (χ4n) is 1.94. The molecule has 0 bridgehead atoms. The molecule has 0 saturated heterocycles. The van der Waals surface area contributed by atoms with E-state index in [-0.39, 0.29) is 6.79 Å². The van der Waals surface area contributed by atoms with Crippen LogP contribution in [0.1, 0.15) is 25.0 Å². The van der Waals surface area contributed by atoms with Crippen molar-refractivity contribution in [3.63, 3.8) is 0 Å². The van der Waals surface area contributed by atoms with Crippen molar-refractivity contribution in [2.45, 2.75) is 27.1 Å². The molecule has 0 aliphatic carbocycles. The topological polar surface area (TPSA) is 36.9 Å². The van der Waals surface area contributed by atoms with Crippen LogP contribution in [0.5, 0.6) is 11.5 Å². The smallest absolute Gasteiger partial charge is 0.189 e. The molecular formula is C19H24O4. The van der Waals surface area contributed by atoms with E-state index in [0.29, 0.717) is 19.8 Å². The Hall–Kier alpha value is -2.04. The van der Waals surface area contributed by atoms with Crippen LogP contribution in [-0.2, 0) is 22.7 Å². The summed E-state index contributed by atoms with van der Waals surface area (Å²) < 4.78 is 21.7. The van der Waals surface area contributed by atoms with Gasteiger partial charge >= 0.3 is 0 Å². The van der Waals surface area contributed by atoms with Gasteiger partial charge in [-0.15, -0.1) is 0 Å². The molecule has 23 heavy (non-hydrogen) atoms. The Morgan fingerprint density at radius 3 is 1.70 bits per heavy atom. The van der Waals surface area contributed by atoms with E-state index in [1.807, 2.05) is 62.4 Å². The zero-order chi connectivity index (χ0) is 16.3. The monoisotopic (exact) mass is 316 g/mol. The molecule has 2 rings (SSSR count). The predicted octanol–water partition coefficient (Wildman–Crippen LogP) is 4.17. The Morgan fingerprint density at radius 2 is 1.13 bits per heavy atom. The molecule has 0 spiro atoms. The second-order valence-corrected chi connectivity index (χ2v) is 4.97. The van der Waals surface area contributed by atoms with Gasteiger partial charge in [-0.25, -0.2) is 0 Å². The fourth-order valence-corrected chi connectivity index (χ4v) is 1.94. The first-order valence-electron chi connectivity index (χ1n) is 7.90. The zero-order valence-corrected chi connectivity index (χ0v) is 13.8. The van der Waals surface area contributed by atoms with Crippen LogP contribution in [0.3, 0.4) is 0 Å². The van der Waals surface area contributed by atoms with E-state index in [1.165, 1.54) is 0 Å². The van der Waals surface area contributed by atoms with Crippen molar-refractivity contribution in [2.24, 2.45) is 0 Å². The highest BCUT2D eigenvalue weighted by molar-refractivity contribution is 5.29. The summed E-state index contributed by atoms with van der Waals surface area (Å²) in [5, 5.41) is 0. The van der Waals surface area contributed by atoms with E-state index in [1.54, 1.807) is 0 Å². The summed E-state index contributed by atoms with van der Waals surface area (Å²) in [6.45, 7) is 6.74. The van der Waals surface area contributed by atoms with Crippen LogP contribution in [0.2, 0.25) is 0 Å². The fraction of sp³-hybridized carbons (Fsp3) is 0.368. The molecule has 2 aromatic carbocycles. The first kappa shape index (κ1) is 17.3. The molecule has 2 aromatic rings. The number of rotatable bonds is 10. The van der Waals surface area contributed by atoms with E-state index < -0.39 is 0 Å². The second-order valence-electron chi connectivity index (χ2n) is 4.97. The summed E-state index contributed by atoms with van der Waals surface area (Å²) in [6, 6.07) is 15.8. The molecule has 0 atom stereocenters. The molecule has 0 aliphatic heterocycles. The maximum Gasteiger partial charge on any atom is 0.189 e. The average Bonchev–Trinajstić information content (AvgIpc) is 2.60. The molecule has 4 heteroatoms. The third-order valence-electron chi connectivity index (χ3n) is 3.24. The van der Waals surface area contributed by atoms with Crippen LogP contribution in [-0.4, -0.2) is 20.0 Å². The molecule has 124 valence electrons. The van der Waals surface area contributed by atoms with Gasteiger partial charge in [0.25, 0.3) is 0 Å². The van der Waals surface area contributed by atoms with Gasteiger partial charge in [-0.1, -0.05) is 24.3 Å². The third-order valence-corrected chi connectivity index (χ3v) is 3.24. The molecule has 0 radical (unpaired) electrons. The van der Waals surface area contributed by atoms with E-state index in [4.69, 9.17) is 18.9 Å². The van der Waals surface area contributed by atoms with Gasteiger partial charge in [0.1, 0.15) is 18.1 Å². The van der Waals surface area contributed by atoms with Crippen molar-refractivity contribution in [1.82, 2.24) is 0 Å². The van der Waals surface area contributed by atoms with Crippen LogP contribution in [0, 0.1) is 0 Å². The first-order valence-corrected chi connectivity index (χ1v) is 7.90. The predicted molar refractivity (Wildman–Crippen MR) is 89.7 cm³/mol. The van der Waals surface area contributed by atoms with E-state index >= 15 is 0 Å². The number of hydrogen-bond acceptors (Lipinski definition) is 4. The zero-order valence-electron chi connectivity index (χ0n) is 13.8. The highest BCUT2D eigenvalue weighted by Crippen LogP contribution is 2.17. The lowest BCUT2D eigenvalue weighted by molar-refractivity contribution is 0.0224. The number of ether oxygens (including phenoxy) is 4. The molecule has 0 saturated carbocycles. The lowest BCUT2D eigenvalue weighted by atomic mass is 10.2. The van der Waals surface area contributed by atoms with Crippen LogP contribution in [0.25, 0.3) is 0 Å². The quantitative estimate of drug-likeness (QED) is 0.487. The Labute approximate surface area is 137 Å². The maximum atomic E-state index is 5.78. The van der Waals surface area contributed by atoms with Gasteiger partial charge in [0.2, 0.25) is 0 Å². The minimum atomic E-state index is 0.278. The van der Waals surface area contributed by atoms with Crippen LogP contribution in [0.15, 0.2) is 48.5 Å². The third kappa shape index (κ3) is 6.30. The van der Waals surface area contributed by atoms with Crippen LogP contribution >= 0.6 is 0 Å². The molecule has 0 amide bonds. The maximum absolute atomic E-state index is 5.78. The summed E-state index contributed by atoms with van der Waals surface area (Å²) in [6.07, 6.45) is 0. The highest BCUT2D eigenvalue weighted by atomic mass is 16.7. The van der Waals surface area contributed by atoms with Crippen LogP contribution in [0.4, 0.5) is 0 Å². The molecule has 0 fully saturated rings. The SMILES string of the molecule is CCOCOc1ccc(COc2ccc(COCC)cc2)cc1. The molecule has 0 N–H and O–H groups in total. The average molecular weight is 316 g/mol. The normalized spacial score (nSPS) is 10.5. The minimum absolute atomic E-state index is 0.278. The number of benzene rings is 2. The van der Waals surface area contributed by atoms with Crippen molar-refractivity contribution in [3.8, 4) is 11.5 Å². The largest absolute Gasteiger partial charge is 0.489 e. The summed E-state index contributed by atoms with van der Waals surface area (Å²) >= 11 is 0. The van der Waals surface area contributed by atoms with E-state index in [0.717, 1.165) is 29.2 Å². The Balaban J connectivity index is 1.78. The second kappa shape index (κ2) is 9.87. The van der Waals surface area contributed by atoms with Gasteiger partial charge in [-0.2, -0.15) is 0 Å². The van der Waals surface area contributed by atoms with Gasteiger partial charge in [0, 0.05) is 13.2 Å². The highest BCUT2D eigenvalue weighted by Gasteiger charge is 1.99. The van der Waals surface area contributed by atoms with Gasteiger partial charge < -0.3 is 18.9 Å². The molecular weight excluding hydrogens is 292 g/mol. The van der Waals surface area contributed by atoms with E-state index in [9.17, 15) is 0 Å². The lowest BCUT2D eigenvalue weighted by Gasteiger charge is -2.09. The van der Waals surface area contributed by atoms with E-state index in [2.05, 4.69) is 0 Å². The Bertz CT molecular complexity index is 549. The summed E-state index contributed by atoms with van der Waals surface area (Å²) in [7, 11) is 0. The van der Waals surface area contributed by atoms with Gasteiger partial charge in [-0.3, -0.25) is 0 Å². The first-order chi connectivity index (χ1) is 11.3. The Morgan fingerprint density at radius 1 is 0.609 bits per heavy atom. The molecule has 0 aromatic heterocycles. The number of hydrogen-bond donors (Lipinski definition) is 0. The van der Waals surface area contributed by atoms with Crippen molar-refractivity contribution in [1.29, 1.82) is 0 Å². The van der Waals surface area contributed by atoms with Gasteiger partial charge in [0.05, 0.1) is 6.61 Å². The van der Waals surface area contributed by atoms with Gasteiger partial charge in [0.15, 0.2) is 6.79 Å². The van der Waals surface area contributed by atoms with Crippen molar-refractivity contribution in [2.75, 3.05) is 20.0 Å². The molecule has 0 aliphatic rings. The van der Waals surface area contributed by atoms with Crippen molar-refractivity contribution in [3.05, 3.63) is 59.7 Å². The van der Waals surface area contributed by atoms with Crippen LogP contribution < -0.4 is 9.47 Å². The summed E-state index contributed by atoms with van der Waals surface area (Å²) in [4.78, 5) is 0. The lowest BCUT2D eigenvalue weighted by Crippen LogP contribution is -2.02. The summed E-state index contributed by atoms with van der Waals surface area (Å²) in [5.74, 6) is 1.64. The Kier molecular flexibility index (Phi) is 7.43. The molecule has 4 nitrogen and oxygen atoms in total. The standard InChI is InChI=1S/C19H24O4/c1-3-20-13-16-5-9-18(10-6-16)22-14-17-7-11-19(12-8-17)23-15-21-4-2/h5-12H,3-4,13-15H2,1-2H3. The molecule has 0 unspecified atom stereocenters. The summed E-state index contributed by atoms with van der Waals surface area (Å²) in [5.41, 5.74) is 2.24. The van der Waals surface area contributed by atoms with Gasteiger partial charge in [-0.05, 0) is 49.2 Å². The van der Waals surface area contributed by atoms with Crippen molar-refractivity contribution < 1.29 is 18.9 Å². The molecule has 0 heterocycles. The van der Waals surface area contributed by atoms with Crippen molar-refractivity contribution >= 4 is 0 Å². The minimum Gasteiger partial charge on any atom is -0.489 e.